The highest BCUT2D eigenvalue weighted by atomic mass is 16.8. The molecule has 0 aromatic heterocycles. The lowest BCUT2D eigenvalue weighted by molar-refractivity contribution is -0.151. The fourth-order valence-corrected chi connectivity index (χ4v) is 4.01. The minimum absolute atomic E-state index is 0.114. The van der Waals surface area contributed by atoms with Gasteiger partial charge in [0, 0.05) is 13.1 Å². The van der Waals surface area contributed by atoms with Gasteiger partial charge < -0.3 is 14.8 Å². The number of nitrogens with one attached hydrogen (secondary N) is 2. The Morgan fingerprint density at radius 2 is 1.34 bits per heavy atom. The molecular weight excluding hydrogens is 400 g/mol. The Kier molecular flexibility index (Phi) is 7.00. The van der Waals surface area contributed by atoms with Gasteiger partial charge in [-0.15, -0.1) is 0 Å². The summed E-state index contributed by atoms with van der Waals surface area (Å²) < 4.78 is 12.5. The average molecular weight is 431 g/mol. The fraction of sp³-hybridized carbons (Fsp3) is 0.296. The number of carbonyl (C=O) groups is 1. The molecule has 1 saturated heterocycles. The highest BCUT2D eigenvalue weighted by Crippen LogP contribution is 2.39. The van der Waals surface area contributed by atoms with Gasteiger partial charge in [-0.05, 0) is 30.5 Å². The molecule has 0 saturated carbocycles. The molecule has 0 aliphatic carbocycles. The van der Waals surface area contributed by atoms with Crippen molar-refractivity contribution in [2.45, 2.75) is 51.0 Å². The van der Waals surface area contributed by atoms with E-state index in [4.69, 9.17) is 9.47 Å². The van der Waals surface area contributed by atoms with Crippen molar-refractivity contribution in [2.75, 3.05) is 0 Å². The van der Waals surface area contributed by atoms with E-state index in [9.17, 15) is 4.79 Å². The largest absolute Gasteiger partial charge is 0.351 e. The van der Waals surface area contributed by atoms with E-state index in [1.165, 1.54) is 0 Å². The Balaban J connectivity index is 1.56. The van der Waals surface area contributed by atoms with E-state index in [0.29, 0.717) is 13.1 Å². The van der Waals surface area contributed by atoms with Gasteiger partial charge in [0.15, 0.2) is 5.79 Å². The van der Waals surface area contributed by atoms with E-state index in [-0.39, 0.29) is 12.0 Å². The second kappa shape index (κ2) is 10.1. The van der Waals surface area contributed by atoms with E-state index in [0.717, 1.165) is 16.7 Å². The summed E-state index contributed by atoms with van der Waals surface area (Å²) in [5, 5.41) is 6.51. The molecule has 5 heteroatoms. The average Bonchev–Trinajstić information content (AvgIpc) is 3.15. The Hall–Kier alpha value is -2.99. The van der Waals surface area contributed by atoms with Crippen LogP contribution >= 0.6 is 0 Å². The molecule has 1 heterocycles. The van der Waals surface area contributed by atoms with Crippen molar-refractivity contribution in [3.63, 3.8) is 0 Å². The molecule has 0 spiro atoms. The van der Waals surface area contributed by atoms with Crippen LogP contribution in [0.2, 0.25) is 0 Å². The van der Waals surface area contributed by atoms with E-state index in [1.807, 2.05) is 105 Å². The third-order valence-corrected chi connectivity index (χ3v) is 5.55. The molecule has 5 nitrogen and oxygen atoms in total. The summed E-state index contributed by atoms with van der Waals surface area (Å²) in [4.78, 5) is 13.4. The maximum atomic E-state index is 13.4. The summed E-state index contributed by atoms with van der Waals surface area (Å²) in [6.45, 7) is 4.78. The first-order valence-electron chi connectivity index (χ1n) is 11.0. The molecule has 0 radical (unpaired) electrons. The Bertz CT molecular complexity index is 993. The molecule has 1 aliphatic heterocycles. The molecule has 3 atom stereocenters. The summed E-state index contributed by atoms with van der Waals surface area (Å²) in [5.74, 6) is -0.908. The molecule has 166 valence electrons. The third-order valence-electron chi connectivity index (χ3n) is 5.55. The predicted octanol–water partition coefficient (Wildman–Crippen LogP) is 4.35. The molecule has 1 amide bonds. The number of rotatable bonds is 8. The Labute approximate surface area is 189 Å². The van der Waals surface area contributed by atoms with Crippen LogP contribution < -0.4 is 10.6 Å². The van der Waals surface area contributed by atoms with Crippen molar-refractivity contribution in [2.24, 2.45) is 0 Å². The fourth-order valence-electron chi connectivity index (χ4n) is 4.01. The van der Waals surface area contributed by atoms with Crippen LogP contribution in [0, 0.1) is 0 Å². The number of ether oxygens (including phenoxy) is 2. The molecular formula is C27H30N2O3. The molecule has 0 unspecified atom stereocenters. The molecule has 4 rings (SSSR count). The van der Waals surface area contributed by atoms with Crippen molar-refractivity contribution in [1.82, 2.24) is 10.6 Å². The lowest BCUT2D eigenvalue weighted by Crippen LogP contribution is -2.52. The maximum Gasteiger partial charge on any atom is 0.240 e. The van der Waals surface area contributed by atoms with Crippen molar-refractivity contribution in [3.8, 4) is 0 Å². The monoisotopic (exact) mass is 430 g/mol. The minimum Gasteiger partial charge on any atom is -0.351 e. The maximum absolute atomic E-state index is 13.4. The lowest BCUT2D eigenvalue weighted by atomic mass is 9.97. The van der Waals surface area contributed by atoms with E-state index >= 15 is 0 Å². The van der Waals surface area contributed by atoms with Gasteiger partial charge in [0.25, 0.3) is 0 Å². The van der Waals surface area contributed by atoms with E-state index < -0.39 is 17.9 Å². The second-order valence-electron chi connectivity index (χ2n) is 8.48. The molecule has 1 fully saturated rings. The van der Waals surface area contributed by atoms with Crippen LogP contribution in [0.4, 0.5) is 0 Å². The minimum atomic E-state index is -0.794. The van der Waals surface area contributed by atoms with Gasteiger partial charge in [-0.2, -0.15) is 0 Å². The number of benzene rings is 3. The predicted molar refractivity (Wildman–Crippen MR) is 125 cm³/mol. The third kappa shape index (κ3) is 5.62. The van der Waals surface area contributed by atoms with Gasteiger partial charge in [0.1, 0.15) is 18.2 Å². The summed E-state index contributed by atoms with van der Waals surface area (Å²) >= 11 is 0. The zero-order valence-electron chi connectivity index (χ0n) is 18.5. The number of carbonyl (C=O) groups excluding carboxylic acids is 1. The van der Waals surface area contributed by atoms with Crippen molar-refractivity contribution in [1.29, 1.82) is 0 Å². The van der Waals surface area contributed by atoms with Crippen molar-refractivity contribution >= 4 is 5.91 Å². The van der Waals surface area contributed by atoms with E-state index in [1.54, 1.807) is 0 Å². The highest BCUT2D eigenvalue weighted by molar-refractivity contribution is 5.82. The number of hydrogen-bond acceptors (Lipinski definition) is 4. The summed E-state index contributed by atoms with van der Waals surface area (Å²) in [6.07, 6.45) is -0.839. The first kappa shape index (κ1) is 22.2. The summed E-state index contributed by atoms with van der Waals surface area (Å²) in [5.41, 5.74) is 3.14. The second-order valence-corrected chi connectivity index (χ2v) is 8.48. The Morgan fingerprint density at radius 1 is 0.812 bits per heavy atom. The van der Waals surface area contributed by atoms with Crippen LogP contribution in [-0.2, 0) is 27.4 Å². The van der Waals surface area contributed by atoms with Crippen molar-refractivity contribution < 1.29 is 14.3 Å². The van der Waals surface area contributed by atoms with Crippen LogP contribution in [0.1, 0.15) is 36.6 Å². The first-order valence-corrected chi connectivity index (χ1v) is 11.0. The topological polar surface area (TPSA) is 59.6 Å². The van der Waals surface area contributed by atoms with Crippen LogP contribution in [0.15, 0.2) is 91.0 Å². The van der Waals surface area contributed by atoms with Crippen molar-refractivity contribution in [3.05, 3.63) is 108 Å². The van der Waals surface area contributed by atoms with Crippen LogP contribution in [0.3, 0.4) is 0 Å². The molecule has 3 aromatic carbocycles. The molecule has 1 aliphatic rings. The standard InChI is InChI=1S/C27H30N2O3/c1-27(2)31-24(22-16-10-5-11-17-22)25(32-27)23(28-18-20-12-6-3-7-13-20)26(30)29-19-21-14-8-4-9-15-21/h3-17,23-25,28H,18-19H2,1-2H3,(H,29,30)/t23-,24+,25+/m0/s1. The Morgan fingerprint density at radius 3 is 1.94 bits per heavy atom. The zero-order chi connectivity index (χ0) is 22.4. The molecule has 32 heavy (non-hydrogen) atoms. The van der Waals surface area contributed by atoms with Crippen LogP contribution in [-0.4, -0.2) is 23.8 Å². The van der Waals surface area contributed by atoms with Gasteiger partial charge in [-0.1, -0.05) is 91.0 Å². The van der Waals surface area contributed by atoms with Crippen LogP contribution in [0.5, 0.6) is 0 Å². The number of hydrogen-bond donors (Lipinski definition) is 2. The normalized spacial score (nSPS) is 20.6. The van der Waals surface area contributed by atoms with Gasteiger partial charge in [0.05, 0.1) is 0 Å². The molecule has 0 bridgehead atoms. The van der Waals surface area contributed by atoms with Crippen LogP contribution in [0.25, 0.3) is 0 Å². The first-order chi connectivity index (χ1) is 15.5. The quantitative estimate of drug-likeness (QED) is 0.558. The summed E-state index contributed by atoms with van der Waals surface area (Å²) in [7, 11) is 0. The highest BCUT2D eigenvalue weighted by Gasteiger charge is 2.47. The summed E-state index contributed by atoms with van der Waals surface area (Å²) in [6, 6.07) is 29.3. The number of amides is 1. The van der Waals surface area contributed by atoms with Gasteiger partial charge in [0.2, 0.25) is 5.91 Å². The molecule has 2 N–H and O–H groups in total. The van der Waals surface area contributed by atoms with Gasteiger partial charge in [-0.3, -0.25) is 10.1 Å². The van der Waals surface area contributed by atoms with E-state index in [2.05, 4.69) is 10.6 Å². The van der Waals surface area contributed by atoms with Gasteiger partial charge in [-0.25, -0.2) is 0 Å². The lowest BCUT2D eigenvalue weighted by Gasteiger charge is -2.27. The molecule has 3 aromatic rings. The smallest absolute Gasteiger partial charge is 0.240 e. The SMILES string of the molecule is CC1(C)O[C@H]([C@H](NCc2ccccc2)C(=O)NCc2ccccc2)[C@@H](c2ccccc2)O1. The zero-order valence-corrected chi connectivity index (χ0v) is 18.5. The van der Waals surface area contributed by atoms with Gasteiger partial charge >= 0.3 is 0 Å².